The number of hydrogen-bond donors (Lipinski definition) is 0. The molecule has 5 rings (SSSR count). The van der Waals surface area contributed by atoms with Crippen molar-refractivity contribution in [2.45, 2.75) is 20.5 Å². The first kappa shape index (κ1) is 30.0. The average molecular weight is 607 g/mol. The van der Waals surface area contributed by atoms with Crippen molar-refractivity contribution >= 4 is 35.5 Å². The second-order valence-corrected chi connectivity index (χ2v) is 10.3. The van der Waals surface area contributed by atoms with Gasteiger partial charge in [0.1, 0.15) is 36.3 Å². The molecule has 9 nitrogen and oxygen atoms in total. The quantitative estimate of drug-likeness (QED) is 0.132. The molecule has 0 saturated heterocycles. The van der Waals surface area contributed by atoms with Crippen molar-refractivity contribution in [1.82, 2.24) is 14.7 Å². The van der Waals surface area contributed by atoms with Crippen LogP contribution in [0, 0.1) is 11.3 Å². The molecular formula is C34H27ClN4O5. The Balaban J connectivity index is 1.57. The molecule has 4 aromatic rings. The first-order valence-corrected chi connectivity index (χ1v) is 14.1. The van der Waals surface area contributed by atoms with Gasteiger partial charge in [-0.1, -0.05) is 60.1 Å². The number of carbonyl (C=O) groups excluding carboxylic acids is 3. The number of para-hydroxylation sites is 1. The highest BCUT2D eigenvalue weighted by Crippen LogP contribution is 2.32. The summed E-state index contributed by atoms with van der Waals surface area (Å²) in [4.78, 5) is 38.8. The number of hydrogen-bond acceptors (Lipinski definition) is 7. The number of ether oxygens (including phenoxy) is 2. The van der Waals surface area contributed by atoms with Crippen molar-refractivity contribution in [2.75, 3.05) is 13.2 Å². The lowest BCUT2D eigenvalue weighted by Crippen LogP contribution is -2.44. The lowest BCUT2D eigenvalue weighted by molar-refractivity contribution is -0.147. The van der Waals surface area contributed by atoms with E-state index in [0.29, 0.717) is 22.0 Å². The number of nitrogens with zero attached hydrogens (tertiary/aromatic N) is 4. The van der Waals surface area contributed by atoms with Gasteiger partial charge in [0.05, 0.1) is 12.2 Å². The van der Waals surface area contributed by atoms with Crippen LogP contribution in [0.4, 0.5) is 0 Å². The summed E-state index contributed by atoms with van der Waals surface area (Å²) in [5, 5.41) is 15.2. The molecule has 0 radical (unpaired) electrons. The minimum absolute atomic E-state index is 0.156. The van der Waals surface area contributed by atoms with Crippen LogP contribution >= 0.6 is 11.6 Å². The summed E-state index contributed by atoms with van der Waals surface area (Å²) in [6.07, 6.45) is 3.40. The number of benzene rings is 3. The Hall–Kier alpha value is -5.46. The second-order valence-electron chi connectivity index (χ2n) is 9.89. The maximum absolute atomic E-state index is 13.6. The molecule has 0 saturated carbocycles. The van der Waals surface area contributed by atoms with Gasteiger partial charge in [-0.05, 0) is 48.9 Å². The van der Waals surface area contributed by atoms with Crippen LogP contribution in [0.15, 0.2) is 102 Å². The van der Waals surface area contributed by atoms with Crippen molar-refractivity contribution in [3.8, 4) is 28.8 Å². The summed E-state index contributed by atoms with van der Waals surface area (Å²) >= 11 is 6.30. The number of rotatable bonds is 9. The normalized spacial score (nSPS) is 14.1. The molecule has 0 spiro atoms. The molecule has 0 atom stereocenters. The van der Waals surface area contributed by atoms with E-state index in [-0.39, 0.29) is 36.5 Å². The molecule has 2 amide bonds. The maximum Gasteiger partial charge on any atom is 0.302 e. The maximum atomic E-state index is 13.6. The Kier molecular flexibility index (Phi) is 9.03. The van der Waals surface area contributed by atoms with Crippen LogP contribution in [0.3, 0.4) is 0 Å². The summed E-state index contributed by atoms with van der Waals surface area (Å²) in [5.74, 6) is -1.29. The largest absolute Gasteiger partial charge is 0.489 e. The summed E-state index contributed by atoms with van der Waals surface area (Å²) < 4.78 is 12.7. The molecule has 44 heavy (non-hydrogen) atoms. The number of amides is 2. The van der Waals surface area contributed by atoms with Gasteiger partial charge in [0.25, 0.3) is 11.8 Å². The van der Waals surface area contributed by atoms with E-state index < -0.39 is 17.8 Å². The van der Waals surface area contributed by atoms with Crippen LogP contribution < -0.4 is 4.74 Å². The van der Waals surface area contributed by atoms with E-state index in [2.05, 4.69) is 0 Å². The van der Waals surface area contributed by atoms with E-state index in [1.807, 2.05) is 78.9 Å². The van der Waals surface area contributed by atoms with Gasteiger partial charge in [-0.3, -0.25) is 19.3 Å². The molecule has 2 heterocycles. The molecule has 1 aliphatic rings. The third-order valence-electron chi connectivity index (χ3n) is 6.97. The lowest BCUT2D eigenvalue weighted by atomic mass is 9.93. The van der Waals surface area contributed by atoms with Gasteiger partial charge in [0.15, 0.2) is 0 Å². The highest BCUT2D eigenvalue weighted by molar-refractivity contribution is 6.31. The lowest BCUT2D eigenvalue weighted by Gasteiger charge is -2.27. The summed E-state index contributed by atoms with van der Waals surface area (Å²) in [6, 6.07) is 26.2. The van der Waals surface area contributed by atoms with Crippen LogP contribution in [0.5, 0.6) is 5.75 Å². The second kappa shape index (κ2) is 13.2. The first-order valence-electron chi connectivity index (χ1n) is 13.7. The Morgan fingerprint density at radius 3 is 2.50 bits per heavy atom. The monoisotopic (exact) mass is 606 g/mol. The number of carbonyl (C=O) groups is 3. The Labute approximate surface area is 259 Å². The molecule has 0 bridgehead atoms. The average Bonchev–Trinajstić information content (AvgIpc) is 3.45. The van der Waals surface area contributed by atoms with Gasteiger partial charge in [0.2, 0.25) is 0 Å². The topological polar surface area (TPSA) is 115 Å². The SMILES string of the molecule is CC(=O)OCCN1C(=O)C(C#N)=C(C)/C(=C\c2cn(-c3ccccc3)nc2-c2cccc(OCc3ccccc3Cl)c2)C1=O. The van der Waals surface area contributed by atoms with E-state index in [1.54, 1.807) is 29.9 Å². The number of aromatic nitrogens is 2. The standard InChI is InChI=1S/C34H27ClN4O5/c1-22-29(33(41)38(15-16-43-23(2)40)34(42)30(22)19-36)18-26-20-39(27-11-4-3-5-12-27)37-32(26)24-10-8-13-28(17-24)44-21-25-9-6-7-14-31(25)35/h3-14,17-18,20H,15-16,21H2,1-2H3/b29-18+. The molecule has 220 valence electrons. The Bertz CT molecular complexity index is 1850. The highest BCUT2D eigenvalue weighted by Gasteiger charge is 2.35. The molecule has 1 aromatic heterocycles. The number of nitriles is 1. The van der Waals surface area contributed by atoms with E-state index in [9.17, 15) is 19.6 Å². The van der Waals surface area contributed by atoms with E-state index in [4.69, 9.17) is 26.2 Å². The zero-order valence-corrected chi connectivity index (χ0v) is 24.7. The summed E-state index contributed by atoms with van der Waals surface area (Å²) in [7, 11) is 0. The van der Waals surface area contributed by atoms with Gasteiger partial charge in [-0.25, -0.2) is 4.68 Å². The molecule has 0 fully saturated rings. The van der Waals surface area contributed by atoms with Gasteiger partial charge in [0, 0.05) is 40.4 Å². The molecule has 0 aliphatic carbocycles. The van der Waals surface area contributed by atoms with Gasteiger partial charge >= 0.3 is 5.97 Å². The van der Waals surface area contributed by atoms with E-state index >= 15 is 0 Å². The van der Waals surface area contributed by atoms with E-state index in [1.165, 1.54) is 6.92 Å². The van der Waals surface area contributed by atoms with Crippen molar-refractivity contribution in [1.29, 1.82) is 5.26 Å². The molecule has 0 N–H and O–H groups in total. The summed E-state index contributed by atoms with van der Waals surface area (Å²) in [5.41, 5.74) is 3.73. The Morgan fingerprint density at radius 2 is 1.77 bits per heavy atom. The van der Waals surface area contributed by atoms with Crippen molar-refractivity contribution in [3.05, 3.63) is 118 Å². The highest BCUT2D eigenvalue weighted by atomic mass is 35.5. The van der Waals surface area contributed by atoms with Crippen molar-refractivity contribution in [2.24, 2.45) is 0 Å². The van der Waals surface area contributed by atoms with Crippen molar-refractivity contribution < 1.29 is 23.9 Å². The molecule has 3 aromatic carbocycles. The van der Waals surface area contributed by atoms with Crippen LogP contribution in [0.2, 0.25) is 5.02 Å². The third kappa shape index (κ3) is 6.46. The smallest absolute Gasteiger partial charge is 0.302 e. The van der Waals surface area contributed by atoms with Crippen LogP contribution in [-0.4, -0.2) is 45.6 Å². The Morgan fingerprint density at radius 1 is 1.02 bits per heavy atom. The van der Waals surface area contributed by atoms with Crippen molar-refractivity contribution in [3.63, 3.8) is 0 Å². The van der Waals surface area contributed by atoms with E-state index in [0.717, 1.165) is 21.7 Å². The predicted molar refractivity (Wildman–Crippen MR) is 164 cm³/mol. The van der Waals surface area contributed by atoms with Crippen LogP contribution in [0.25, 0.3) is 23.0 Å². The fraction of sp³-hybridized carbons (Fsp3) is 0.147. The molecule has 0 unspecified atom stereocenters. The summed E-state index contributed by atoms with van der Waals surface area (Å²) in [6.45, 7) is 2.70. The molecule has 1 aliphatic heterocycles. The van der Waals surface area contributed by atoms with Gasteiger partial charge < -0.3 is 9.47 Å². The van der Waals surface area contributed by atoms with Gasteiger partial charge in [-0.2, -0.15) is 10.4 Å². The first-order chi connectivity index (χ1) is 21.3. The molecule has 10 heteroatoms. The number of esters is 1. The van der Waals surface area contributed by atoms with Crippen LogP contribution in [-0.2, 0) is 25.7 Å². The molecular weight excluding hydrogens is 580 g/mol. The fourth-order valence-corrected chi connectivity index (χ4v) is 4.90. The third-order valence-corrected chi connectivity index (χ3v) is 7.34. The minimum atomic E-state index is -0.733. The van der Waals surface area contributed by atoms with Crippen LogP contribution in [0.1, 0.15) is 25.0 Å². The predicted octanol–water partition coefficient (Wildman–Crippen LogP) is 5.93. The fourth-order valence-electron chi connectivity index (χ4n) is 4.71. The minimum Gasteiger partial charge on any atom is -0.489 e. The number of halogens is 1. The number of imide groups is 1. The zero-order chi connectivity index (χ0) is 31.2. The van der Waals surface area contributed by atoms with Gasteiger partial charge in [-0.15, -0.1) is 0 Å². The zero-order valence-electron chi connectivity index (χ0n) is 24.0.